The van der Waals surface area contributed by atoms with Gasteiger partial charge in [0.2, 0.25) is 0 Å². The van der Waals surface area contributed by atoms with Crippen molar-refractivity contribution in [2.24, 2.45) is 5.92 Å². The zero-order valence-electron chi connectivity index (χ0n) is 10.0. The molecular formula is C14H15F3O. The average molecular weight is 256 g/mol. The van der Waals surface area contributed by atoms with Crippen LogP contribution in [0.5, 0.6) is 0 Å². The Bertz CT molecular complexity index is 451. The minimum atomic E-state index is -1.57. The van der Waals surface area contributed by atoms with E-state index in [1.54, 1.807) is 0 Å². The minimum absolute atomic E-state index is 0.224. The van der Waals surface area contributed by atoms with Gasteiger partial charge >= 0.3 is 0 Å². The molecule has 0 atom stereocenters. The third-order valence-corrected chi connectivity index (χ3v) is 3.53. The first-order valence-corrected chi connectivity index (χ1v) is 6.26. The quantitative estimate of drug-likeness (QED) is 0.583. The van der Waals surface area contributed by atoms with Crippen molar-refractivity contribution in [3.8, 4) is 0 Å². The molecule has 0 spiro atoms. The topological polar surface area (TPSA) is 17.1 Å². The number of rotatable bonds is 3. The number of hydrogen-bond acceptors (Lipinski definition) is 1. The van der Waals surface area contributed by atoms with E-state index in [-0.39, 0.29) is 17.9 Å². The fourth-order valence-electron chi connectivity index (χ4n) is 2.50. The number of Topliss-reactive ketones (excluding diaryl/α,β-unsaturated/α-hetero) is 1. The van der Waals surface area contributed by atoms with Crippen LogP contribution in [0.3, 0.4) is 0 Å². The molecule has 0 aromatic heterocycles. The molecule has 1 aliphatic carbocycles. The summed E-state index contributed by atoms with van der Waals surface area (Å²) in [6.07, 6.45) is 5.47. The van der Waals surface area contributed by atoms with E-state index >= 15 is 0 Å². The van der Waals surface area contributed by atoms with E-state index in [9.17, 15) is 18.0 Å². The number of carbonyl (C=O) groups is 1. The van der Waals surface area contributed by atoms with Gasteiger partial charge in [0.1, 0.15) is 0 Å². The van der Waals surface area contributed by atoms with Crippen LogP contribution in [0.1, 0.15) is 48.9 Å². The van der Waals surface area contributed by atoms with E-state index in [0.29, 0.717) is 0 Å². The molecule has 4 heteroatoms. The SMILES string of the molecule is O=C(CC1CCCCC1)c1ccc(F)c(F)c1F. The predicted octanol–water partition coefficient (Wildman–Crippen LogP) is 4.26. The molecule has 1 aromatic carbocycles. The maximum absolute atomic E-state index is 13.4. The zero-order chi connectivity index (χ0) is 13.1. The summed E-state index contributed by atoms with van der Waals surface area (Å²) in [5.41, 5.74) is -0.334. The molecule has 0 N–H and O–H groups in total. The van der Waals surface area contributed by atoms with E-state index in [0.717, 1.165) is 37.8 Å². The van der Waals surface area contributed by atoms with Crippen LogP contribution in [0, 0.1) is 23.4 Å². The summed E-state index contributed by atoms with van der Waals surface area (Å²) in [4.78, 5) is 11.9. The highest BCUT2D eigenvalue weighted by Crippen LogP contribution is 2.28. The van der Waals surface area contributed by atoms with Crippen molar-refractivity contribution in [3.05, 3.63) is 35.1 Å². The van der Waals surface area contributed by atoms with Gasteiger partial charge in [0.25, 0.3) is 0 Å². The van der Waals surface area contributed by atoms with Gasteiger partial charge in [-0.25, -0.2) is 13.2 Å². The van der Waals surface area contributed by atoms with Crippen LogP contribution in [-0.2, 0) is 0 Å². The number of hydrogen-bond donors (Lipinski definition) is 0. The maximum atomic E-state index is 13.4. The van der Waals surface area contributed by atoms with Crippen LogP contribution in [0.2, 0.25) is 0 Å². The van der Waals surface area contributed by atoms with E-state index in [4.69, 9.17) is 0 Å². The average Bonchev–Trinajstić information content (AvgIpc) is 2.37. The Balaban J connectivity index is 2.11. The molecule has 2 rings (SSSR count). The first kappa shape index (κ1) is 13.1. The molecular weight excluding hydrogens is 241 g/mol. The molecule has 1 fully saturated rings. The summed E-state index contributed by atoms with van der Waals surface area (Å²) in [7, 11) is 0. The van der Waals surface area contributed by atoms with Crippen LogP contribution >= 0.6 is 0 Å². The van der Waals surface area contributed by atoms with E-state index in [1.165, 1.54) is 6.42 Å². The number of ketones is 1. The third kappa shape index (κ3) is 2.74. The molecule has 0 saturated heterocycles. The highest BCUT2D eigenvalue weighted by Gasteiger charge is 2.22. The largest absolute Gasteiger partial charge is 0.294 e. The molecule has 0 unspecified atom stereocenters. The zero-order valence-corrected chi connectivity index (χ0v) is 10.0. The highest BCUT2D eigenvalue weighted by molar-refractivity contribution is 5.96. The second-order valence-electron chi connectivity index (χ2n) is 4.85. The van der Waals surface area contributed by atoms with Crippen molar-refractivity contribution < 1.29 is 18.0 Å². The number of carbonyl (C=O) groups excluding carboxylic acids is 1. The van der Waals surface area contributed by atoms with Crippen molar-refractivity contribution >= 4 is 5.78 Å². The van der Waals surface area contributed by atoms with Crippen LogP contribution in [0.25, 0.3) is 0 Å². The Morgan fingerprint density at radius 2 is 1.72 bits per heavy atom. The molecule has 18 heavy (non-hydrogen) atoms. The lowest BCUT2D eigenvalue weighted by molar-refractivity contribution is 0.0945. The summed E-state index contributed by atoms with van der Waals surface area (Å²) in [6.45, 7) is 0. The molecule has 1 aromatic rings. The fourth-order valence-corrected chi connectivity index (χ4v) is 2.50. The van der Waals surface area contributed by atoms with Crippen molar-refractivity contribution in [1.82, 2.24) is 0 Å². The van der Waals surface area contributed by atoms with Gasteiger partial charge in [-0.05, 0) is 18.1 Å². The molecule has 0 bridgehead atoms. The normalized spacial score (nSPS) is 16.8. The van der Waals surface area contributed by atoms with Crippen LogP contribution in [0.4, 0.5) is 13.2 Å². The molecule has 98 valence electrons. The summed E-state index contributed by atoms with van der Waals surface area (Å²) >= 11 is 0. The lowest BCUT2D eigenvalue weighted by Gasteiger charge is -2.20. The molecule has 1 saturated carbocycles. The van der Waals surface area contributed by atoms with Gasteiger partial charge in [0.05, 0.1) is 5.56 Å². The van der Waals surface area contributed by atoms with Crippen LogP contribution < -0.4 is 0 Å². The predicted molar refractivity (Wildman–Crippen MR) is 61.8 cm³/mol. The standard InChI is InChI=1S/C14H15F3O/c15-11-7-6-10(13(16)14(11)17)12(18)8-9-4-2-1-3-5-9/h6-7,9H,1-5,8H2. The summed E-state index contributed by atoms with van der Waals surface area (Å²) in [5, 5.41) is 0. The Kier molecular flexibility index (Phi) is 4.04. The number of halogens is 3. The Labute approximate surface area is 104 Å². The lowest BCUT2D eigenvalue weighted by Crippen LogP contribution is -2.14. The summed E-state index contributed by atoms with van der Waals surface area (Å²) < 4.78 is 39.2. The first-order chi connectivity index (χ1) is 8.59. The summed E-state index contributed by atoms with van der Waals surface area (Å²) in [6, 6.07) is 1.82. The van der Waals surface area contributed by atoms with E-state index < -0.39 is 23.2 Å². The van der Waals surface area contributed by atoms with Crippen molar-refractivity contribution in [2.45, 2.75) is 38.5 Å². The van der Waals surface area contributed by atoms with Gasteiger partial charge < -0.3 is 0 Å². The number of benzene rings is 1. The lowest BCUT2D eigenvalue weighted by atomic mass is 9.84. The minimum Gasteiger partial charge on any atom is -0.294 e. The van der Waals surface area contributed by atoms with Gasteiger partial charge in [-0.15, -0.1) is 0 Å². The molecule has 0 radical (unpaired) electrons. The van der Waals surface area contributed by atoms with Crippen LogP contribution in [0.15, 0.2) is 12.1 Å². The van der Waals surface area contributed by atoms with Gasteiger partial charge in [0, 0.05) is 6.42 Å². The van der Waals surface area contributed by atoms with Crippen molar-refractivity contribution in [2.75, 3.05) is 0 Å². The van der Waals surface area contributed by atoms with E-state index in [1.807, 2.05) is 0 Å². The van der Waals surface area contributed by atoms with Gasteiger partial charge in [-0.3, -0.25) is 4.79 Å². The summed E-state index contributed by atoms with van der Waals surface area (Å²) in [5.74, 6) is -4.38. The monoisotopic (exact) mass is 256 g/mol. The van der Waals surface area contributed by atoms with Gasteiger partial charge in [-0.1, -0.05) is 32.1 Å². The second kappa shape index (κ2) is 5.55. The molecule has 1 aliphatic rings. The maximum Gasteiger partial charge on any atom is 0.195 e. The smallest absolute Gasteiger partial charge is 0.195 e. The second-order valence-corrected chi connectivity index (χ2v) is 4.85. The van der Waals surface area contributed by atoms with E-state index in [2.05, 4.69) is 0 Å². The van der Waals surface area contributed by atoms with Crippen molar-refractivity contribution in [1.29, 1.82) is 0 Å². The first-order valence-electron chi connectivity index (χ1n) is 6.26. The Morgan fingerprint density at radius 3 is 2.39 bits per heavy atom. The molecule has 0 heterocycles. The Morgan fingerprint density at radius 1 is 1.06 bits per heavy atom. The third-order valence-electron chi connectivity index (χ3n) is 3.53. The highest BCUT2D eigenvalue weighted by atomic mass is 19.2. The fraction of sp³-hybridized carbons (Fsp3) is 0.500. The van der Waals surface area contributed by atoms with Crippen molar-refractivity contribution in [3.63, 3.8) is 0 Å². The molecule has 0 aliphatic heterocycles. The Hall–Kier alpha value is -1.32. The van der Waals surface area contributed by atoms with Gasteiger partial charge in [-0.2, -0.15) is 0 Å². The molecule has 0 amide bonds. The van der Waals surface area contributed by atoms with Gasteiger partial charge in [0.15, 0.2) is 23.2 Å². The molecule has 1 nitrogen and oxygen atoms in total. The van der Waals surface area contributed by atoms with Crippen LogP contribution in [-0.4, -0.2) is 5.78 Å².